The summed E-state index contributed by atoms with van der Waals surface area (Å²) >= 11 is 5.89. The fourth-order valence-corrected chi connectivity index (χ4v) is 2.71. The fourth-order valence-electron chi connectivity index (χ4n) is 2.58. The Kier molecular flexibility index (Phi) is 3.57. The lowest BCUT2D eigenvalue weighted by Gasteiger charge is -2.45. The van der Waals surface area contributed by atoms with Crippen LogP contribution in [0, 0.1) is 0 Å². The van der Waals surface area contributed by atoms with Crippen molar-refractivity contribution >= 4 is 23.2 Å². The minimum absolute atomic E-state index is 0.0925. The highest BCUT2D eigenvalue weighted by atomic mass is 35.5. The first-order chi connectivity index (χ1) is 10.1. The maximum Gasteiger partial charge on any atom is 0.247 e. The minimum Gasteiger partial charge on any atom is -0.497 e. The Morgan fingerprint density at radius 1 is 1.19 bits per heavy atom. The number of benzene rings is 2. The third-order valence-electron chi connectivity index (χ3n) is 3.68. The molecule has 2 atom stereocenters. The normalized spacial score (nSPS) is 21.1. The maximum absolute atomic E-state index is 12.1. The molecule has 0 bridgehead atoms. The number of hydrogen-bond acceptors (Lipinski definition) is 3. The summed E-state index contributed by atoms with van der Waals surface area (Å²) in [7, 11) is 1.61. The number of amides is 1. The Bertz CT molecular complexity index is 672. The summed E-state index contributed by atoms with van der Waals surface area (Å²) < 4.78 is 5.23. The second-order valence-electron chi connectivity index (χ2n) is 4.93. The van der Waals surface area contributed by atoms with E-state index >= 15 is 0 Å². The van der Waals surface area contributed by atoms with E-state index in [2.05, 4.69) is 0 Å². The monoisotopic (exact) mass is 302 g/mol. The zero-order valence-electron chi connectivity index (χ0n) is 11.5. The van der Waals surface area contributed by atoms with Crippen LogP contribution in [0.1, 0.15) is 11.6 Å². The van der Waals surface area contributed by atoms with Crippen molar-refractivity contribution in [2.45, 2.75) is 12.1 Å². The molecule has 1 saturated heterocycles. The Balaban J connectivity index is 1.96. The van der Waals surface area contributed by atoms with Crippen molar-refractivity contribution in [1.29, 1.82) is 0 Å². The van der Waals surface area contributed by atoms with Gasteiger partial charge in [0.05, 0.1) is 13.2 Å². The second kappa shape index (κ2) is 5.39. The molecule has 2 aromatic carbocycles. The van der Waals surface area contributed by atoms with E-state index in [-0.39, 0.29) is 11.9 Å². The Morgan fingerprint density at radius 2 is 1.90 bits per heavy atom. The van der Waals surface area contributed by atoms with Gasteiger partial charge in [-0.15, -0.1) is 0 Å². The highest BCUT2D eigenvalue weighted by Crippen LogP contribution is 2.39. The number of hydrogen-bond donors (Lipinski definition) is 1. The van der Waals surface area contributed by atoms with Crippen LogP contribution < -0.4 is 15.4 Å². The molecule has 1 fully saturated rings. The van der Waals surface area contributed by atoms with E-state index < -0.39 is 6.04 Å². The smallest absolute Gasteiger partial charge is 0.247 e. The third kappa shape index (κ3) is 2.37. The molecule has 1 aliphatic rings. The van der Waals surface area contributed by atoms with Gasteiger partial charge in [-0.2, -0.15) is 0 Å². The molecule has 2 aromatic rings. The Hall–Kier alpha value is -2.04. The number of ether oxygens (including phenoxy) is 1. The van der Waals surface area contributed by atoms with Crippen molar-refractivity contribution in [3.8, 4) is 5.75 Å². The molecule has 0 aromatic heterocycles. The quantitative estimate of drug-likeness (QED) is 0.887. The van der Waals surface area contributed by atoms with E-state index in [0.717, 1.165) is 17.0 Å². The zero-order chi connectivity index (χ0) is 15.0. The van der Waals surface area contributed by atoms with Crippen LogP contribution in [-0.4, -0.2) is 19.1 Å². The number of rotatable bonds is 3. The van der Waals surface area contributed by atoms with E-state index in [4.69, 9.17) is 22.1 Å². The van der Waals surface area contributed by atoms with Crippen LogP contribution in [0.3, 0.4) is 0 Å². The summed E-state index contributed by atoms with van der Waals surface area (Å²) in [6, 6.07) is 14.0. The fraction of sp³-hybridized carbons (Fsp3) is 0.188. The summed E-state index contributed by atoms with van der Waals surface area (Å²) in [6.07, 6.45) is 0. The molecule has 108 valence electrons. The summed E-state index contributed by atoms with van der Waals surface area (Å²) in [5, 5.41) is 0.633. The number of nitrogens with zero attached hydrogens (tertiary/aromatic N) is 1. The molecule has 3 rings (SSSR count). The van der Waals surface area contributed by atoms with Crippen molar-refractivity contribution in [2.24, 2.45) is 5.73 Å². The molecule has 0 saturated carbocycles. The molecule has 1 aliphatic heterocycles. The topological polar surface area (TPSA) is 55.6 Å². The first kappa shape index (κ1) is 13.9. The molecule has 21 heavy (non-hydrogen) atoms. The van der Waals surface area contributed by atoms with Gasteiger partial charge in [-0.05, 0) is 42.0 Å². The van der Waals surface area contributed by atoms with Crippen molar-refractivity contribution in [3.63, 3.8) is 0 Å². The van der Waals surface area contributed by atoms with Crippen LogP contribution in [0.2, 0.25) is 5.02 Å². The zero-order valence-corrected chi connectivity index (χ0v) is 12.2. The molecule has 0 aliphatic carbocycles. The van der Waals surface area contributed by atoms with E-state index in [9.17, 15) is 4.79 Å². The number of β-lactam (4-membered cyclic amide) rings is 1. The molecule has 2 N–H and O–H groups in total. The molecule has 0 spiro atoms. The van der Waals surface area contributed by atoms with Gasteiger partial charge in [0.1, 0.15) is 11.8 Å². The molecule has 1 heterocycles. The van der Waals surface area contributed by atoms with Crippen molar-refractivity contribution in [1.82, 2.24) is 0 Å². The Labute approximate surface area is 128 Å². The SMILES string of the molecule is COc1cccc([C@H]2[C@H](N)C(=O)N2c2ccc(Cl)cc2)c1. The van der Waals surface area contributed by atoms with Crippen LogP contribution >= 0.6 is 11.6 Å². The van der Waals surface area contributed by atoms with Gasteiger partial charge in [0.15, 0.2) is 0 Å². The van der Waals surface area contributed by atoms with E-state index in [1.807, 2.05) is 36.4 Å². The van der Waals surface area contributed by atoms with Crippen LogP contribution in [-0.2, 0) is 4.79 Å². The number of carbonyl (C=O) groups is 1. The van der Waals surface area contributed by atoms with E-state index in [1.165, 1.54) is 0 Å². The van der Waals surface area contributed by atoms with Crippen LogP contribution in [0.5, 0.6) is 5.75 Å². The number of nitrogens with two attached hydrogens (primary N) is 1. The molecule has 4 nitrogen and oxygen atoms in total. The lowest BCUT2D eigenvalue weighted by molar-refractivity contribution is -0.126. The number of methoxy groups -OCH3 is 1. The van der Waals surface area contributed by atoms with Gasteiger partial charge in [-0.3, -0.25) is 4.79 Å². The summed E-state index contributed by atoms with van der Waals surface area (Å²) in [6.45, 7) is 0. The molecule has 0 unspecified atom stereocenters. The lowest BCUT2D eigenvalue weighted by atomic mass is 9.88. The summed E-state index contributed by atoms with van der Waals surface area (Å²) in [4.78, 5) is 13.8. The molecular weight excluding hydrogens is 288 g/mol. The number of halogens is 1. The molecular formula is C16H15ClN2O2. The van der Waals surface area contributed by atoms with E-state index in [1.54, 1.807) is 24.1 Å². The largest absolute Gasteiger partial charge is 0.497 e. The summed E-state index contributed by atoms with van der Waals surface area (Å²) in [5.74, 6) is 0.653. The predicted molar refractivity (Wildman–Crippen MR) is 82.6 cm³/mol. The number of carbonyl (C=O) groups excluding carboxylic acids is 1. The first-order valence-electron chi connectivity index (χ1n) is 6.60. The highest BCUT2D eigenvalue weighted by Gasteiger charge is 2.46. The van der Waals surface area contributed by atoms with Crippen LogP contribution in [0.15, 0.2) is 48.5 Å². The standard InChI is InChI=1S/C16H15ClN2O2/c1-21-13-4-2-3-10(9-13)15-14(18)16(20)19(15)12-7-5-11(17)6-8-12/h2-9,14-15H,18H2,1H3/t14-,15-/m0/s1. The van der Waals surface area contributed by atoms with Gasteiger partial charge < -0.3 is 15.4 Å². The van der Waals surface area contributed by atoms with E-state index in [0.29, 0.717) is 5.02 Å². The molecule has 5 heteroatoms. The first-order valence-corrected chi connectivity index (χ1v) is 6.98. The van der Waals surface area contributed by atoms with Crippen LogP contribution in [0.25, 0.3) is 0 Å². The molecule has 1 amide bonds. The van der Waals surface area contributed by atoms with Gasteiger partial charge in [0.25, 0.3) is 0 Å². The van der Waals surface area contributed by atoms with Crippen LogP contribution in [0.4, 0.5) is 5.69 Å². The van der Waals surface area contributed by atoms with Crippen molar-refractivity contribution in [3.05, 3.63) is 59.1 Å². The maximum atomic E-state index is 12.1. The van der Waals surface area contributed by atoms with Gasteiger partial charge in [0.2, 0.25) is 5.91 Å². The van der Waals surface area contributed by atoms with Gasteiger partial charge >= 0.3 is 0 Å². The highest BCUT2D eigenvalue weighted by molar-refractivity contribution is 6.30. The third-order valence-corrected chi connectivity index (χ3v) is 3.93. The average molecular weight is 303 g/mol. The predicted octanol–water partition coefficient (Wildman–Crippen LogP) is 2.76. The minimum atomic E-state index is -0.534. The van der Waals surface area contributed by atoms with Gasteiger partial charge in [-0.25, -0.2) is 0 Å². The van der Waals surface area contributed by atoms with Crippen molar-refractivity contribution < 1.29 is 9.53 Å². The lowest BCUT2D eigenvalue weighted by Crippen LogP contribution is -2.63. The average Bonchev–Trinajstić information content (AvgIpc) is 2.52. The van der Waals surface area contributed by atoms with Gasteiger partial charge in [0, 0.05) is 10.7 Å². The number of anilines is 1. The van der Waals surface area contributed by atoms with Crippen molar-refractivity contribution in [2.75, 3.05) is 12.0 Å². The molecule has 0 radical (unpaired) electrons. The van der Waals surface area contributed by atoms with Gasteiger partial charge in [-0.1, -0.05) is 23.7 Å². The second-order valence-corrected chi connectivity index (χ2v) is 5.37. The Morgan fingerprint density at radius 3 is 2.57 bits per heavy atom. The summed E-state index contributed by atoms with van der Waals surface area (Å²) in [5.41, 5.74) is 7.74.